The molecule has 0 aromatic rings. The number of carbonyl (C=O) groups is 1. The van der Waals surface area contributed by atoms with Crippen LogP contribution >= 0.6 is 0 Å². The first-order valence-corrected chi connectivity index (χ1v) is 10.8. The molecule has 0 heterocycles. The number of rotatable bonds is 2. The Morgan fingerprint density at radius 1 is 1.14 bits per heavy atom. The molecular weight excluding hydrogens is 391 g/mol. The van der Waals surface area contributed by atoms with Crippen LogP contribution in [0.15, 0.2) is 11.6 Å². The van der Waals surface area contributed by atoms with Gasteiger partial charge >= 0.3 is 12.1 Å². The van der Waals surface area contributed by atoms with Gasteiger partial charge in [0.2, 0.25) is 0 Å². The van der Waals surface area contributed by atoms with Crippen molar-refractivity contribution in [1.82, 2.24) is 0 Å². The Kier molecular flexibility index (Phi) is 4.77. The van der Waals surface area contributed by atoms with Gasteiger partial charge in [0.1, 0.15) is 5.60 Å². The molecule has 0 bridgehead atoms. The lowest BCUT2D eigenvalue weighted by atomic mass is 9.47. The highest BCUT2D eigenvalue weighted by Gasteiger charge is 2.79. The van der Waals surface area contributed by atoms with Crippen LogP contribution in [-0.4, -0.2) is 28.6 Å². The van der Waals surface area contributed by atoms with E-state index >= 15 is 0 Å². The molecule has 0 aromatic carbocycles. The third kappa shape index (κ3) is 2.64. The molecule has 0 spiro atoms. The number of halogens is 5. The minimum atomic E-state index is -5.77. The van der Waals surface area contributed by atoms with Crippen LogP contribution in [0.2, 0.25) is 0 Å². The van der Waals surface area contributed by atoms with E-state index in [2.05, 4.69) is 0 Å². The van der Waals surface area contributed by atoms with Crippen LogP contribution in [0.25, 0.3) is 0 Å². The Labute approximate surface area is 167 Å². The minimum Gasteiger partial charge on any atom is -0.383 e. The second kappa shape index (κ2) is 6.51. The molecule has 3 saturated carbocycles. The molecule has 0 amide bonds. The molecule has 2 nitrogen and oxygen atoms in total. The fourth-order valence-electron chi connectivity index (χ4n) is 7.86. The number of carbonyl (C=O) groups excluding carboxylic acids is 1. The van der Waals surface area contributed by atoms with Gasteiger partial charge in [0.15, 0.2) is 5.78 Å². The molecule has 0 aliphatic heterocycles. The Morgan fingerprint density at radius 2 is 1.83 bits per heavy atom. The van der Waals surface area contributed by atoms with Gasteiger partial charge in [-0.1, -0.05) is 19.4 Å². The van der Waals surface area contributed by atoms with Gasteiger partial charge in [-0.15, -0.1) is 0 Å². The van der Waals surface area contributed by atoms with E-state index in [0.29, 0.717) is 19.3 Å². The van der Waals surface area contributed by atoms with Crippen LogP contribution in [0, 0.1) is 35.0 Å². The molecule has 4 aliphatic rings. The molecule has 4 aliphatic carbocycles. The number of allylic oxidation sites excluding steroid dienone is 1. The first-order chi connectivity index (χ1) is 13.4. The van der Waals surface area contributed by atoms with Crippen molar-refractivity contribution < 1.29 is 31.9 Å². The van der Waals surface area contributed by atoms with Crippen LogP contribution in [0.5, 0.6) is 0 Å². The fraction of sp³-hybridized carbons (Fsp3) is 0.864. The average Bonchev–Trinajstić information content (AvgIpc) is 2.95. The van der Waals surface area contributed by atoms with E-state index in [9.17, 15) is 31.9 Å². The predicted molar refractivity (Wildman–Crippen MR) is 97.2 cm³/mol. The van der Waals surface area contributed by atoms with E-state index in [0.717, 1.165) is 12.0 Å². The lowest BCUT2D eigenvalue weighted by molar-refractivity contribution is -0.366. The second-order valence-electron chi connectivity index (χ2n) is 9.88. The predicted octanol–water partition coefficient (Wildman–Crippen LogP) is 5.69. The van der Waals surface area contributed by atoms with Gasteiger partial charge in [0.05, 0.1) is 0 Å². The topological polar surface area (TPSA) is 37.3 Å². The number of fused-ring (bicyclic) bond motifs is 5. The molecule has 3 fully saturated rings. The lowest BCUT2D eigenvalue weighted by Crippen LogP contribution is -2.66. The Morgan fingerprint density at radius 3 is 2.45 bits per heavy atom. The largest absolute Gasteiger partial charge is 0.456 e. The van der Waals surface area contributed by atoms with Crippen molar-refractivity contribution in [3.05, 3.63) is 11.6 Å². The number of hydrogen-bond acceptors (Lipinski definition) is 2. The van der Waals surface area contributed by atoms with Crippen molar-refractivity contribution in [1.29, 1.82) is 0 Å². The highest BCUT2D eigenvalue weighted by Crippen LogP contribution is 2.71. The molecular formula is C22H29F5O2. The van der Waals surface area contributed by atoms with Crippen molar-refractivity contribution >= 4 is 5.78 Å². The summed E-state index contributed by atoms with van der Waals surface area (Å²) in [5, 5.41) is 11.0. The highest BCUT2D eigenvalue weighted by molar-refractivity contribution is 5.91. The van der Waals surface area contributed by atoms with Crippen molar-refractivity contribution in [3.8, 4) is 0 Å². The number of ketones is 1. The zero-order valence-corrected chi connectivity index (χ0v) is 16.9. The summed E-state index contributed by atoms with van der Waals surface area (Å²) in [5.41, 5.74) is -3.35. The maximum absolute atomic E-state index is 14.6. The van der Waals surface area contributed by atoms with Gasteiger partial charge in [-0.2, -0.15) is 22.0 Å². The average molecular weight is 420 g/mol. The van der Waals surface area contributed by atoms with Gasteiger partial charge in [-0.05, 0) is 80.6 Å². The summed E-state index contributed by atoms with van der Waals surface area (Å²) in [7, 11) is 0. The smallest absolute Gasteiger partial charge is 0.383 e. The lowest BCUT2D eigenvalue weighted by Gasteiger charge is -2.59. The fourth-order valence-corrected chi connectivity index (χ4v) is 7.86. The Hall–Kier alpha value is -0.980. The van der Waals surface area contributed by atoms with E-state index in [1.165, 1.54) is 0 Å². The number of alkyl halides is 5. The van der Waals surface area contributed by atoms with Crippen LogP contribution in [0.3, 0.4) is 0 Å². The molecule has 4 rings (SSSR count). The van der Waals surface area contributed by atoms with Gasteiger partial charge in [-0.3, -0.25) is 4.79 Å². The molecule has 29 heavy (non-hydrogen) atoms. The van der Waals surface area contributed by atoms with Crippen molar-refractivity contribution in [2.75, 3.05) is 0 Å². The summed E-state index contributed by atoms with van der Waals surface area (Å²) in [6.45, 7) is 3.67. The normalized spacial score (nSPS) is 45.3. The quantitative estimate of drug-likeness (QED) is 0.583. The summed E-state index contributed by atoms with van der Waals surface area (Å²) in [4.78, 5) is 11.9. The highest BCUT2D eigenvalue weighted by atomic mass is 19.4. The SMILES string of the molecule is CCC12CC[C@H]3[C@@H](C(C)CC4=CC(=O)CC[C@@H]43)[C@@H]1CCC2(O)C(F)(F)C(F)(F)F. The third-order valence-electron chi connectivity index (χ3n) is 9.00. The van der Waals surface area contributed by atoms with E-state index in [1.807, 2.05) is 6.92 Å². The van der Waals surface area contributed by atoms with Crippen molar-refractivity contribution in [3.63, 3.8) is 0 Å². The summed E-state index contributed by atoms with van der Waals surface area (Å²) in [5.74, 6) is -4.81. The molecule has 0 radical (unpaired) electrons. The van der Waals surface area contributed by atoms with Crippen LogP contribution in [0.4, 0.5) is 22.0 Å². The first kappa shape index (κ1) is 21.3. The van der Waals surface area contributed by atoms with Gasteiger partial charge in [-0.25, -0.2) is 0 Å². The van der Waals surface area contributed by atoms with Crippen LogP contribution in [0.1, 0.15) is 65.2 Å². The molecule has 3 unspecified atom stereocenters. The van der Waals surface area contributed by atoms with Crippen LogP contribution in [-0.2, 0) is 4.79 Å². The number of hydrogen-bond donors (Lipinski definition) is 1. The molecule has 0 saturated heterocycles. The molecule has 164 valence electrons. The first-order valence-electron chi connectivity index (χ1n) is 10.8. The summed E-state index contributed by atoms with van der Waals surface area (Å²) >= 11 is 0. The van der Waals surface area contributed by atoms with E-state index in [1.54, 1.807) is 13.0 Å². The maximum atomic E-state index is 14.6. The standard InChI is InChI=1S/C22H29F5O2/c1-3-19-8-6-16-15-5-4-14(28)11-13(15)10-12(2)18(16)17(19)7-9-20(19,29)21(23,24)22(25,26)27/h11-12,15-18,29H,3-10H2,1-2H3/t12?,15-,16+,17-,18+,19?,20?/m0/s1. The van der Waals surface area contributed by atoms with Gasteiger partial charge in [0, 0.05) is 11.8 Å². The number of aliphatic hydroxyl groups is 1. The third-order valence-corrected chi connectivity index (χ3v) is 9.00. The zero-order chi connectivity index (χ0) is 21.4. The van der Waals surface area contributed by atoms with Crippen molar-refractivity contribution in [2.45, 2.75) is 82.9 Å². The van der Waals surface area contributed by atoms with Gasteiger partial charge in [0.25, 0.3) is 0 Å². The van der Waals surface area contributed by atoms with Gasteiger partial charge < -0.3 is 5.11 Å². The van der Waals surface area contributed by atoms with Crippen molar-refractivity contribution in [2.24, 2.45) is 35.0 Å². The molecule has 7 atom stereocenters. The van der Waals surface area contributed by atoms with Crippen LogP contribution < -0.4 is 0 Å². The van der Waals surface area contributed by atoms with E-state index in [-0.39, 0.29) is 54.6 Å². The molecule has 0 aromatic heterocycles. The second-order valence-corrected chi connectivity index (χ2v) is 9.88. The monoisotopic (exact) mass is 420 g/mol. The maximum Gasteiger partial charge on any atom is 0.456 e. The Bertz CT molecular complexity index is 729. The van der Waals surface area contributed by atoms with E-state index in [4.69, 9.17) is 0 Å². The summed E-state index contributed by atoms with van der Waals surface area (Å²) in [6.07, 6.45) is -1.60. The zero-order valence-electron chi connectivity index (χ0n) is 16.9. The molecule has 7 heteroatoms. The summed E-state index contributed by atoms with van der Waals surface area (Å²) < 4.78 is 69.2. The van der Waals surface area contributed by atoms with E-state index < -0.39 is 29.5 Å². The Balaban J connectivity index is 1.74. The summed E-state index contributed by atoms with van der Waals surface area (Å²) in [6, 6.07) is 0. The minimum absolute atomic E-state index is 0.0112. The molecule has 1 N–H and O–H groups in total.